The molecule has 9 nitrogen and oxygen atoms in total. The lowest BCUT2D eigenvalue weighted by Crippen LogP contribution is -2.21. The lowest BCUT2D eigenvalue weighted by atomic mass is 10.0. The number of anilines is 3. The third-order valence-corrected chi connectivity index (χ3v) is 5.93. The molecule has 5 N–H and O–H groups in total. The molecule has 0 atom stereocenters. The molecule has 0 unspecified atom stereocenters. The highest BCUT2D eigenvalue weighted by atomic mass is 19.4. The highest BCUT2D eigenvalue weighted by molar-refractivity contribution is 6.00. The topological polar surface area (TPSA) is 113 Å². The van der Waals surface area contributed by atoms with Crippen molar-refractivity contribution in [2.24, 2.45) is 0 Å². The Morgan fingerprint density at radius 2 is 1.85 bits per heavy atom. The van der Waals surface area contributed by atoms with Gasteiger partial charge in [-0.2, -0.15) is 18.3 Å². The van der Waals surface area contributed by atoms with Crippen molar-refractivity contribution in [1.29, 1.82) is 0 Å². The lowest BCUT2D eigenvalue weighted by Gasteiger charge is -2.12. The SMILES string of the molecule is CN(C)CCCNCc1cn2ncnc(N)c2c1-c1ccc(NC(=O)Nc2cc(C(F)(F)F)ccc2F)cc1. The normalized spacial score (nSPS) is 11.8. The van der Waals surface area contributed by atoms with Gasteiger partial charge in [-0.05, 0) is 75.1 Å². The van der Waals surface area contributed by atoms with Crippen LogP contribution in [0.5, 0.6) is 0 Å². The second-order valence-corrected chi connectivity index (χ2v) is 9.15. The first kappa shape index (κ1) is 27.8. The molecule has 2 aromatic heterocycles. The maximum atomic E-state index is 14.0. The second kappa shape index (κ2) is 11.7. The fourth-order valence-corrected chi connectivity index (χ4v) is 4.09. The molecular weight excluding hydrogens is 516 g/mol. The van der Waals surface area contributed by atoms with Gasteiger partial charge in [-0.1, -0.05) is 12.1 Å². The van der Waals surface area contributed by atoms with Crippen LogP contribution in [0.15, 0.2) is 55.0 Å². The minimum Gasteiger partial charge on any atom is -0.382 e. The second-order valence-electron chi connectivity index (χ2n) is 9.15. The van der Waals surface area contributed by atoms with Gasteiger partial charge in [0.15, 0.2) is 5.82 Å². The zero-order valence-corrected chi connectivity index (χ0v) is 21.3. The summed E-state index contributed by atoms with van der Waals surface area (Å²) in [5.74, 6) is -0.680. The highest BCUT2D eigenvalue weighted by Gasteiger charge is 2.31. The number of carbonyl (C=O) groups excluding carboxylic acids is 1. The highest BCUT2D eigenvalue weighted by Crippen LogP contribution is 2.34. The Bertz CT molecular complexity index is 1450. The molecule has 13 heteroatoms. The maximum absolute atomic E-state index is 14.0. The van der Waals surface area contributed by atoms with Crippen molar-refractivity contribution in [2.75, 3.05) is 43.6 Å². The number of urea groups is 1. The third kappa shape index (κ3) is 6.81. The van der Waals surface area contributed by atoms with Gasteiger partial charge in [0.25, 0.3) is 0 Å². The van der Waals surface area contributed by atoms with E-state index in [4.69, 9.17) is 5.73 Å². The molecule has 0 saturated heterocycles. The van der Waals surface area contributed by atoms with Crippen LogP contribution in [0.25, 0.3) is 16.6 Å². The summed E-state index contributed by atoms with van der Waals surface area (Å²) < 4.78 is 54.5. The van der Waals surface area contributed by atoms with Crippen LogP contribution in [-0.4, -0.2) is 52.7 Å². The van der Waals surface area contributed by atoms with Gasteiger partial charge in [0, 0.05) is 24.0 Å². The number of halogens is 4. The predicted molar refractivity (Wildman–Crippen MR) is 142 cm³/mol. The summed E-state index contributed by atoms with van der Waals surface area (Å²) in [7, 11) is 4.04. The molecule has 206 valence electrons. The van der Waals surface area contributed by atoms with Gasteiger partial charge in [-0.3, -0.25) is 0 Å². The molecule has 0 aliphatic heterocycles. The molecule has 39 heavy (non-hydrogen) atoms. The van der Waals surface area contributed by atoms with E-state index in [-0.39, 0.29) is 0 Å². The van der Waals surface area contributed by atoms with Crippen molar-refractivity contribution >= 4 is 28.7 Å². The van der Waals surface area contributed by atoms with E-state index < -0.39 is 29.3 Å². The number of hydrogen-bond donors (Lipinski definition) is 4. The number of carbonyl (C=O) groups is 1. The van der Waals surface area contributed by atoms with E-state index in [2.05, 4.69) is 30.9 Å². The molecule has 2 amide bonds. The van der Waals surface area contributed by atoms with Gasteiger partial charge in [0.05, 0.1) is 11.3 Å². The molecule has 2 heterocycles. The van der Waals surface area contributed by atoms with Crippen LogP contribution in [0, 0.1) is 5.82 Å². The van der Waals surface area contributed by atoms with E-state index >= 15 is 0 Å². The summed E-state index contributed by atoms with van der Waals surface area (Å²) in [5.41, 5.74) is 8.07. The first-order chi connectivity index (χ1) is 18.5. The molecule has 2 aromatic carbocycles. The van der Waals surface area contributed by atoms with E-state index in [1.54, 1.807) is 28.8 Å². The minimum atomic E-state index is -4.67. The van der Waals surface area contributed by atoms with Gasteiger partial charge in [-0.15, -0.1) is 0 Å². The summed E-state index contributed by atoms with van der Waals surface area (Å²) in [4.78, 5) is 18.6. The quantitative estimate of drug-likeness (QED) is 0.178. The van der Waals surface area contributed by atoms with Gasteiger partial charge in [-0.25, -0.2) is 18.7 Å². The molecular formula is C26H28F4N8O. The van der Waals surface area contributed by atoms with Crippen LogP contribution in [-0.2, 0) is 12.7 Å². The van der Waals surface area contributed by atoms with Crippen molar-refractivity contribution in [2.45, 2.75) is 19.1 Å². The van der Waals surface area contributed by atoms with Crippen molar-refractivity contribution in [1.82, 2.24) is 24.8 Å². The van der Waals surface area contributed by atoms with E-state index in [9.17, 15) is 22.4 Å². The molecule has 0 aliphatic carbocycles. The number of hydrogen-bond acceptors (Lipinski definition) is 6. The van der Waals surface area contributed by atoms with Crippen molar-refractivity contribution in [3.63, 3.8) is 0 Å². The van der Waals surface area contributed by atoms with E-state index in [0.29, 0.717) is 41.8 Å². The van der Waals surface area contributed by atoms with Crippen molar-refractivity contribution in [3.8, 4) is 11.1 Å². The van der Waals surface area contributed by atoms with Gasteiger partial charge >= 0.3 is 12.2 Å². The minimum absolute atomic E-state index is 0.309. The average molecular weight is 545 g/mol. The number of benzene rings is 2. The molecule has 0 bridgehead atoms. The Morgan fingerprint density at radius 3 is 2.54 bits per heavy atom. The number of alkyl halides is 3. The molecule has 0 saturated carbocycles. The fourth-order valence-electron chi connectivity index (χ4n) is 4.09. The van der Waals surface area contributed by atoms with Crippen LogP contribution in [0.2, 0.25) is 0 Å². The fraction of sp³-hybridized carbons (Fsp3) is 0.269. The Balaban J connectivity index is 1.51. The smallest absolute Gasteiger partial charge is 0.382 e. The summed E-state index contributed by atoms with van der Waals surface area (Å²) >= 11 is 0. The molecule has 4 aromatic rings. The first-order valence-electron chi connectivity index (χ1n) is 12.0. The predicted octanol–water partition coefficient (Wildman–Crippen LogP) is 4.82. The molecule has 4 rings (SSSR count). The number of aromatic nitrogens is 3. The molecule has 0 radical (unpaired) electrons. The van der Waals surface area contributed by atoms with Crippen molar-refractivity contribution < 1.29 is 22.4 Å². The van der Waals surface area contributed by atoms with Gasteiger partial charge < -0.3 is 26.6 Å². The maximum Gasteiger partial charge on any atom is 0.416 e. The van der Waals surface area contributed by atoms with E-state index in [1.807, 2.05) is 20.3 Å². The van der Waals surface area contributed by atoms with Crippen LogP contribution in [0.1, 0.15) is 17.5 Å². The zero-order chi connectivity index (χ0) is 28.2. The van der Waals surface area contributed by atoms with Gasteiger partial charge in [0.2, 0.25) is 0 Å². The Morgan fingerprint density at radius 1 is 1.10 bits per heavy atom. The lowest BCUT2D eigenvalue weighted by molar-refractivity contribution is -0.137. The Hall–Kier alpha value is -4.23. The van der Waals surface area contributed by atoms with Crippen LogP contribution < -0.4 is 21.7 Å². The number of fused-ring (bicyclic) bond motifs is 1. The first-order valence-corrected chi connectivity index (χ1v) is 12.0. The standard InChI is InChI=1S/C26H28F4N8O/c1-37(2)11-3-10-32-13-17-14-38-23(24(31)33-15-34-38)22(17)16-4-7-19(8-5-16)35-25(39)36-21-12-18(26(28,29)30)6-9-20(21)27/h4-9,12,14-15,32H,3,10-11,13H2,1-2H3,(H2,31,33,34)(H2,35,36,39). The number of amides is 2. The largest absolute Gasteiger partial charge is 0.416 e. The monoisotopic (exact) mass is 544 g/mol. The molecule has 0 aliphatic rings. The number of nitrogens with zero attached hydrogens (tertiary/aromatic N) is 4. The summed E-state index contributed by atoms with van der Waals surface area (Å²) in [5, 5.41) is 12.3. The molecule has 0 fully saturated rings. The van der Waals surface area contributed by atoms with Crippen LogP contribution >= 0.6 is 0 Å². The summed E-state index contributed by atoms with van der Waals surface area (Å²) in [6.45, 7) is 2.34. The Kier molecular flexibility index (Phi) is 8.31. The zero-order valence-electron chi connectivity index (χ0n) is 21.3. The third-order valence-electron chi connectivity index (χ3n) is 5.93. The van der Waals surface area contributed by atoms with E-state index in [1.165, 1.54) is 6.33 Å². The average Bonchev–Trinajstić information content (AvgIpc) is 3.24. The Labute approximate surface area is 222 Å². The summed E-state index contributed by atoms with van der Waals surface area (Å²) in [6, 6.07) is 7.67. The van der Waals surface area contributed by atoms with E-state index in [0.717, 1.165) is 36.2 Å². The van der Waals surface area contributed by atoms with Gasteiger partial charge in [0.1, 0.15) is 17.7 Å². The van der Waals surface area contributed by atoms with Crippen molar-refractivity contribution in [3.05, 3.63) is 71.9 Å². The molecule has 0 spiro atoms. The number of nitrogens with one attached hydrogen (secondary N) is 3. The summed E-state index contributed by atoms with van der Waals surface area (Å²) in [6.07, 6.45) is -0.441. The van der Waals surface area contributed by atoms with Crippen LogP contribution in [0.3, 0.4) is 0 Å². The van der Waals surface area contributed by atoms with Crippen LogP contribution in [0.4, 0.5) is 39.5 Å². The number of nitrogen functional groups attached to an aromatic ring is 1. The number of rotatable bonds is 9. The number of nitrogens with two attached hydrogens (primary N) is 1.